The smallest absolute Gasteiger partial charge is 0.243 e. The van der Waals surface area contributed by atoms with Gasteiger partial charge in [-0.05, 0) is 82.8 Å². The van der Waals surface area contributed by atoms with Gasteiger partial charge in [-0.25, -0.2) is 8.42 Å². The second-order valence-corrected chi connectivity index (χ2v) is 13.3. The van der Waals surface area contributed by atoms with Crippen LogP contribution in [0.4, 0.5) is 5.69 Å². The number of likely N-dealkylation sites (tertiary alicyclic amines) is 1. The average molecular weight is 551 g/mol. The van der Waals surface area contributed by atoms with E-state index < -0.39 is 16.1 Å². The third-order valence-electron chi connectivity index (χ3n) is 7.13. The molecular formula is C27H46N6O4S. The fourth-order valence-electron chi connectivity index (χ4n) is 5.08. The lowest BCUT2D eigenvalue weighted by molar-refractivity contribution is -0.134. The number of amides is 1. The lowest BCUT2D eigenvalue weighted by Crippen LogP contribution is -2.51. The van der Waals surface area contributed by atoms with Crippen LogP contribution in [0.25, 0.3) is 0 Å². The molecule has 1 fully saturated rings. The molecule has 11 heteroatoms. The van der Waals surface area contributed by atoms with E-state index in [9.17, 15) is 13.2 Å². The highest BCUT2D eigenvalue weighted by atomic mass is 32.2. The zero-order valence-electron chi connectivity index (χ0n) is 23.3. The summed E-state index contributed by atoms with van der Waals surface area (Å²) >= 11 is 0. The molecule has 1 amide bonds. The Morgan fingerprint density at radius 2 is 1.97 bits per heavy atom. The monoisotopic (exact) mass is 550 g/mol. The summed E-state index contributed by atoms with van der Waals surface area (Å²) in [5.74, 6) is 0.681. The van der Waals surface area contributed by atoms with Crippen molar-refractivity contribution in [2.24, 2.45) is 28.3 Å². The van der Waals surface area contributed by atoms with Gasteiger partial charge in [-0.3, -0.25) is 9.79 Å². The molecule has 0 radical (unpaired) electrons. The number of para-hydroxylation sites is 1. The van der Waals surface area contributed by atoms with Gasteiger partial charge in [0, 0.05) is 32.8 Å². The number of benzene rings is 1. The standard InChI is InChI=1S/C27H46N6O4S/c1-19-17-21-7-5-9-23(24(21)31-18-19)38(35,36)32-22(8-6-13-30-26(28)29)25(34)33-14-10-20(11-15-33)12-16-37-27(2,3)4/h5,7,9,19-20,22,31-32H,6,8,10-18H2,1-4H3,(H4,28,29,30)/t19?,22-/m0/s1. The predicted molar refractivity (Wildman–Crippen MR) is 151 cm³/mol. The molecule has 1 aromatic rings. The maximum absolute atomic E-state index is 13.6. The van der Waals surface area contributed by atoms with E-state index in [2.05, 4.69) is 22.0 Å². The maximum Gasteiger partial charge on any atom is 0.243 e. The van der Waals surface area contributed by atoms with Gasteiger partial charge in [0.15, 0.2) is 5.96 Å². The fourth-order valence-corrected chi connectivity index (χ4v) is 6.53. The number of nitrogens with one attached hydrogen (secondary N) is 2. The number of aliphatic imine (C=N–C) groups is 1. The Morgan fingerprint density at radius 3 is 2.63 bits per heavy atom. The summed E-state index contributed by atoms with van der Waals surface area (Å²) in [7, 11) is -3.95. The summed E-state index contributed by atoms with van der Waals surface area (Å²) in [6.07, 6.45) is 4.29. The minimum absolute atomic E-state index is 0.0258. The van der Waals surface area contributed by atoms with Crippen LogP contribution in [0.2, 0.25) is 0 Å². The molecule has 10 nitrogen and oxygen atoms in total. The van der Waals surface area contributed by atoms with Gasteiger partial charge in [-0.15, -0.1) is 0 Å². The van der Waals surface area contributed by atoms with Gasteiger partial charge in [0.05, 0.1) is 11.3 Å². The highest BCUT2D eigenvalue weighted by molar-refractivity contribution is 7.89. The van der Waals surface area contributed by atoms with Crippen molar-refractivity contribution in [3.63, 3.8) is 0 Å². The minimum Gasteiger partial charge on any atom is -0.383 e. The molecule has 38 heavy (non-hydrogen) atoms. The molecule has 3 rings (SSSR count). The van der Waals surface area contributed by atoms with Gasteiger partial charge >= 0.3 is 0 Å². The molecule has 2 heterocycles. The SMILES string of the molecule is CC1CNc2c(cccc2S(=O)(=O)N[C@@H](CCCN=C(N)N)C(=O)N2CCC(CCOC(C)(C)C)CC2)C1. The van der Waals surface area contributed by atoms with E-state index in [4.69, 9.17) is 16.2 Å². The number of carbonyl (C=O) groups is 1. The summed E-state index contributed by atoms with van der Waals surface area (Å²) < 4.78 is 35.7. The zero-order chi connectivity index (χ0) is 27.9. The van der Waals surface area contributed by atoms with Crippen molar-refractivity contribution in [2.75, 3.05) is 38.1 Å². The Kier molecular flexibility index (Phi) is 10.4. The number of fused-ring (bicyclic) bond motifs is 1. The molecule has 0 aliphatic carbocycles. The third kappa shape index (κ3) is 8.84. The normalized spacial score (nSPS) is 19.4. The van der Waals surface area contributed by atoms with Crippen molar-refractivity contribution in [3.8, 4) is 0 Å². The Bertz CT molecular complexity index is 1070. The first-order chi connectivity index (χ1) is 17.9. The molecule has 1 saturated heterocycles. The molecule has 2 atom stereocenters. The van der Waals surface area contributed by atoms with Crippen LogP contribution in [0, 0.1) is 11.8 Å². The predicted octanol–water partition coefficient (Wildman–Crippen LogP) is 2.44. The van der Waals surface area contributed by atoms with Crippen LogP contribution >= 0.6 is 0 Å². The van der Waals surface area contributed by atoms with E-state index in [0.717, 1.165) is 31.2 Å². The second-order valence-electron chi connectivity index (χ2n) is 11.6. The van der Waals surface area contributed by atoms with Crippen LogP contribution < -0.4 is 21.5 Å². The van der Waals surface area contributed by atoms with Crippen LogP contribution in [-0.4, -0.2) is 69.6 Å². The lowest BCUT2D eigenvalue weighted by atomic mass is 9.93. The van der Waals surface area contributed by atoms with Crippen LogP contribution in [-0.2, 0) is 26.0 Å². The topological polar surface area (TPSA) is 152 Å². The number of nitrogens with zero attached hydrogens (tertiary/aromatic N) is 2. The minimum atomic E-state index is -3.95. The quantitative estimate of drug-likeness (QED) is 0.188. The number of hydrogen-bond acceptors (Lipinski definition) is 6. The third-order valence-corrected chi connectivity index (χ3v) is 8.64. The van der Waals surface area contributed by atoms with Crippen molar-refractivity contribution in [1.82, 2.24) is 9.62 Å². The largest absolute Gasteiger partial charge is 0.383 e. The summed E-state index contributed by atoms with van der Waals surface area (Å²) in [6.45, 7) is 11.2. The molecule has 1 aromatic carbocycles. The molecule has 0 aromatic heterocycles. The fraction of sp³-hybridized carbons (Fsp3) is 0.704. The maximum atomic E-state index is 13.6. The van der Waals surface area contributed by atoms with Gasteiger partial charge in [0.25, 0.3) is 0 Å². The van der Waals surface area contributed by atoms with Gasteiger partial charge in [0.1, 0.15) is 10.9 Å². The van der Waals surface area contributed by atoms with Crippen LogP contribution in [0.5, 0.6) is 0 Å². The number of ether oxygens (including phenoxy) is 1. The van der Waals surface area contributed by atoms with E-state index in [0.29, 0.717) is 63.2 Å². The van der Waals surface area contributed by atoms with E-state index >= 15 is 0 Å². The molecule has 214 valence electrons. The lowest BCUT2D eigenvalue weighted by Gasteiger charge is -2.35. The molecule has 1 unspecified atom stereocenters. The van der Waals surface area contributed by atoms with E-state index in [-0.39, 0.29) is 22.4 Å². The van der Waals surface area contributed by atoms with E-state index in [1.165, 1.54) is 0 Å². The number of hydrogen-bond donors (Lipinski definition) is 4. The van der Waals surface area contributed by atoms with E-state index in [1.807, 2.05) is 26.8 Å². The van der Waals surface area contributed by atoms with Crippen molar-refractivity contribution in [3.05, 3.63) is 23.8 Å². The Labute approximate surface area is 228 Å². The summed E-state index contributed by atoms with van der Waals surface area (Å²) in [5, 5.41) is 3.28. The molecule has 0 bridgehead atoms. The van der Waals surface area contributed by atoms with Crippen LogP contribution in [0.1, 0.15) is 65.4 Å². The Balaban J connectivity index is 1.69. The molecule has 0 spiro atoms. The van der Waals surface area contributed by atoms with Gasteiger partial charge in [-0.2, -0.15) is 4.72 Å². The van der Waals surface area contributed by atoms with E-state index in [1.54, 1.807) is 17.0 Å². The first kappa shape index (κ1) is 30.2. The molecular weight excluding hydrogens is 504 g/mol. The number of rotatable bonds is 11. The Morgan fingerprint density at radius 1 is 1.26 bits per heavy atom. The number of guanidine groups is 1. The molecule has 6 N–H and O–H groups in total. The molecule has 2 aliphatic heterocycles. The van der Waals surface area contributed by atoms with Crippen LogP contribution in [0.3, 0.4) is 0 Å². The van der Waals surface area contributed by atoms with Gasteiger partial charge in [0.2, 0.25) is 15.9 Å². The highest BCUT2D eigenvalue weighted by Crippen LogP contribution is 2.31. The zero-order valence-corrected chi connectivity index (χ0v) is 24.1. The molecule has 0 saturated carbocycles. The first-order valence-corrected chi connectivity index (χ1v) is 15.2. The summed E-state index contributed by atoms with van der Waals surface area (Å²) in [4.78, 5) is 19.6. The summed E-state index contributed by atoms with van der Waals surface area (Å²) in [5.41, 5.74) is 12.3. The average Bonchev–Trinajstić information content (AvgIpc) is 2.84. The second kappa shape index (κ2) is 13.1. The van der Waals surface area contributed by atoms with Crippen LogP contribution in [0.15, 0.2) is 28.1 Å². The summed E-state index contributed by atoms with van der Waals surface area (Å²) in [6, 6.07) is 4.41. The van der Waals surface area contributed by atoms with Crippen molar-refractivity contribution in [1.29, 1.82) is 0 Å². The van der Waals surface area contributed by atoms with Crippen molar-refractivity contribution < 1.29 is 17.9 Å². The number of carbonyl (C=O) groups excluding carboxylic acids is 1. The van der Waals surface area contributed by atoms with Crippen molar-refractivity contribution in [2.45, 2.75) is 82.8 Å². The number of sulfonamides is 1. The number of piperidine rings is 1. The van der Waals surface area contributed by atoms with Gasteiger partial charge in [-0.1, -0.05) is 19.1 Å². The van der Waals surface area contributed by atoms with Crippen molar-refractivity contribution >= 4 is 27.6 Å². The number of anilines is 1. The first-order valence-electron chi connectivity index (χ1n) is 13.7. The van der Waals surface area contributed by atoms with Gasteiger partial charge < -0.3 is 26.4 Å². The number of nitrogens with two attached hydrogens (primary N) is 2. The molecule has 2 aliphatic rings. The Hall–Kier alpha value is -2.37. The highest BCUT2D eigenvalue weighted by Gasteiger charge is 2.33.